The van der Waals surface area contributed by atoms with E-state index in [1.54, 1.807) is 0 Å². The molecule has 106 valence electrons. The Balaban J connectivity index is 1.72. The van der Waals surface area contributed by atoms with E-state index in [0.717, 1.165) is 21.8 Å². The molecule has 5 heteroatoms. The lowest BCUT2D eigenvalue weighted by molar-refractivity contribution is 0.423. The molecular weight excluding hydrogens is 286 g/mol. The SMILES string of the molecule is Cc1c(Cl)cccc1NCc1noc(-c2ccccc2)n1. The molecule has 0 aliphatic carbocycles. The Morgan fingerprint density at radius 1 is 1.10 bits per heavy atom. The van der Waals surface area contributed by atoms with Crippen LogP contribution in [-0.4, -0.2) is 10.1 Å². The monoisotopic (exact) mass is 299 g/mol. The van der Waals surface area contributed by atoms with Crippen LogP contribution < -0.4 is 5.32 Å². The molecule has 21 heavy (non-hydrogen) atoms. The molecule has 1 aromatic heterocycles. The molecule has 0 spiro atoms. The third-order valence-corrected chi connectivity index (χ3v) is 3.60. The lowest BCUT2D eigenvalue weighted by Gasteiger charge is -2.08. The van der Waals surface area contributed by atoms with Gasteiger partial charge in [-0.1, -0.05) is 41.0 Å². The molecule has 0 radical (unpaired) electrons. The number of halogens is 1. The van der Waals surface area contributed by atoms with Crippen molar-refractivity contribution < 1.29 is 4.52 Å². The number of nitrogens with one attached hydrogen (secondary N) is 1. The maximum atomic E-state index is 6.09. The van der Waals surface area contributed by atoms with Crippen molar-refractivity contribution in [3.8, 4) is 11.5 Å². The van der Waals surface area contributed by atoms with Crippen molar-refractivity contribution in [2.24, 2.45) is 0 Å². The molecular formula is C16H14ClN3O. The molecule has 3 rings (SSSR count). The normalized spacial score (nSPS) is 10.6. The van der Waals surface area contributed by atoms with Crippen LogP contribution in [-0.2, 0) is 6.54 Å². The van der Waals surface area contributed by atoms with Crippen molar-refractivity contribution >= 4 is 17.3 Å². The molecule has 0 aliphatic rings. The van der Waals surface area contributed by atoms with E-state index in [4.69, 9.17) is 16.1 Å². The van der Waals surface area contributed by atoms with E-state index in [2.05, 4.69) is 15.5 Å². The van der Waals surface area contributed by atoms with Crippen LogP contribution >= 0.6 is 11.6 Å². The Kier molecular flexibility index (Phi) is 3.88. The average molecular weight is 300 g/mol. The highest BCUT2D eigenvalue weighted by atomic mass is 35.5. The Morgan fingerprint density at radius 3 is 2.71 bits per heavy atom. The number of anilines is 1. The molecule has 0 amide bonds. The smallest absolute Gasteiger partial charge is 0.257 e. The van der Waals surface area contributed by atoms with Gasteiger partial charge in [0.25, 0.3) is 5.89 Å². The molecule has 0 atom stereocenters. The van der Waals surface area contributed by atoms with Crippen LogP contribution in [0.4, 0.5) is 5.69 Å². The lowest BCUT2D eigenvalue weighted by Crippen LogP contribution is -2.02. The van der Waals surface area contributed by atoms with Crippen LogP contribution in [0.5, 0.6) is 0 Å². The van der Waals surface area contributed by atoms with Crippen LogP contribution in [0.15, 0.2) is 53.1 Å². The Bertz CT molecular complexity index is 740. The van der Waals surface area contributed by atoms with Crippen molar-refractivity contribution in [1.82, 2.24) is 10.1 Å². The predicted octanol–water partition coefficient (Wildman–Crippen LogP) is 4.31. The molecule has 0 saturated heterocycles. The van der Waals surface area contributed by atoms with Gasteiger partial charge in [-0.3, -0.25) is 0 Å². The standard InChI is InChI=1S/C16H14ClN3O/c1-11-13(17)8-5-9-14(11)18-10-15-19-16(21-20-15)12-6-3-2-4-7-12/h2-9,18H,10H2,1H3. The number of nitrogens with zero attached hydrogens (tertiary/aromatic N) is 2. The fourth-order valence-corrected chi connectivity index (χ4v) is 2.17. The molecule has 0 fully saturated rings. The zero-order chi connectivity index (χ0) is 14.7. The zero-order valence-electron chi connectivity index (χ0n) is 11.5. The summed E-state index contributed by atoms with van der Waals surface area (Å²) < 4.78 is 5.27. The molecule has 0 aliphatic heterocycles. The van der Waals surface area contributed by atoms with Gasteiger partial charge in [-0.15, -0.1) is 0 Å². The largest absolute Gasteiger partial charge is 0.377 e. The fraction of sp³-hybridized carbons (Fsp3) is 0.125. The molecule has 1 N–H and O–H groups in total. The van der Waals surface area contributed by atoms with Crippen LogP contribution in [0.1, 0.15) is 11.4 Å². The van der Waals surface area contributed by atoms with Gasteiger partial charge in [-0.25, -0.2) is 0 Å². The van der Waals surface area contributed by atoms with E-state index < -0.39 is 0 Å². The first kappa shape index (κ1) is 13.6. The van der Waals surface area contributed by atoms with Crippen molar-refractivity contribution in [1.29, 1.82) is 0 Å². The van der Waals surface area contributed by atoms with Crippen molar-refractivity contribution in [2.45, 2.75) is 13.5 Å². The minimum absolute atomic E-state index is 0.484. The fourth-order valence-electron chi connectivity index (χ4n) is 2.00. The summed E-state index contributed by atoms with van der Waals surface area (Å²) in [7, 11) is 0. The van der Waals surface area contributed by atoms with Crippen molar-refractivity contribution in [3.63, 3.8) is 0 Å². The van der Waals surface area contributed by atoms with Gasteiger partial charge in [0.2, 0.25) is 0 Å². The highest BCUT2D eigenvalue weighted by Gasteiger charge is 2.09. The number of hydrogen-bond acceptors (Lipinski definition) is 4. The summed E-state index contributed by atoms with van der Waals surface area (Å²) in [5.41, 5.74) is 2.88. The molecule has 2 aromatic carbocycles. The first-order valence-corrected chi connectivity index (χ1v) is 6.99. The topological polar surface area (TPSA) is 51.0 Å². The predicted molar refractivity (Wildman–Crippen MR) is 83.2 cm³/mol. The van der Waals surface area contributed by atoms with Gasteiger partial charge in [-0.2, -0.15) is 4.98 Å². The minimum atomic E-state index is 0.484. The van der Waals surface area contributed by atoms with Crippen LogP contribution in [0.2, 0.25) is 5.02 Å². The van der Waals surface area contributed by atoms with Crippen molar-refractivity contribution in [2.75, 3.05) is 5.32 Å². The van der Waals surface area contributed by atoms with E-state index in [9.17, 15) is 0 Å². The maximum absolute atomic E-state index is 6.09. The zero-order valence-corrected chi connectivity index (χ0v) is 12.3. The summed E-state index contributed by atoms with van der Waals surface area (Å²) >= 11 is 6.09. The van der Waals surface area contributed by atoms with Crippen LogP contribution in [0.25, 0.3) is 11.5 Å². The summed E-state index contributed by atoms with van der Waals surface area (Å²) in [6, 6.07) is 15.4. The summed E-state index contributed by atoms with van der Waals surface area (Å²) in [5.74, 6) is 1.13. The Hall–Kier alpha value is -2.33. The second-order valence-electron chi connectivity index (χ2n) is 4.65. The molecule has 3 aromatic rings. The average Bonchev–Trinajstić information content (AvgIpc) is 2.99. The number of aromatic nitrogens is 2. The van der Waals surface area contributed by atoms with E-state index in [1.807, 2.05) is 55.5 Å². The van der Waals surface area contributed by atoms with Crippen LogP contribution in [0.3, 0.4) is 0 Å². The second kappa shape index (κ2) is 5.97. The maximum Gasteiger partial charge on any atom is 0.257 e. The lowest BCUT2D eigenvalue weighted by atomic mass is 10.2. The van der Waals surface area contributed by atoms with Gasteiger partial charge < -0.3 is 9.84 Å². The third-order valence-electron chi connectivity index (χ3n) is 3.19. The van der Waals surface area contributed by atoms with E-state index >= 15 is 0 Å². The van der Waals surface area contributed by atoms with E-state index in [0.29, 0.717) is 18.3 Å². The molecule has 0 bridgehead atoms. The summed E-state index contributed by atoms with van der Waals surface area (Å²) in [4.78, 5) is 4.37. The van der Waals surface area contributed by atoms with Gasteiger partial charge in [-0.05, 0) is 36.8 Å². The minimum Gasteiger partial charge on any atom is -0.377 e. The van der Waals surface area contributed by atoms with Gasteiger partial charge in [0.1, 0.15) is 0 Å². The summed E-state index contributed by atoms with van der Waals surface area (Å²) in [6.45, 7) is 2.45. The quantitative estimate of drug-likeness (QED) is 0.780. The first-order valence-electron chi connectivity index (χ1n) is 6.61. The number of benzene rings is 2. The van der Waals surface area contributed by atoms with E-state index in [1.165, 1.54) is 0 Å². The number of rotatable bonds is 4. The Labute approximate surface area is 127 Å². The van der Waals surface area contributed by atoms with Gasteiger partial charge in [0.15, 0.2) is 5.82 Å². The van der Waals surface area contributed by atoms with Crippen molar-refractivity contribution in [3.05, 3.63) is 64.9 Å². The first-order chi connectivity index (χ1) is 10.2. The highest BCUT2D eigenvalue weighted by Crippen LogP contribution is 2.23. The summed E-state index contributed by atoms with van der Waals surface area (Å²) in [5, 5.41) is 7.98. The molecule has 0 unspecified atom stereocenters. The third kappa shape index (κ3) is 3.06. The van der Waals surface area contributed by atoms with Crippen LogP contribution in [0, 0.1) is 6.92 Å². The van der Waals surface area contributed by atoms with E-state index in [-0.39, 0.29) is 0 Å². The van der Waals surface area contributed by atoms with Gasteiger partial charge >= 0.3 is 0 Å². The highest BCUT2D eigenvalue weighted by molar-refractivity contribution is 6.31. The molecule has 1 heterocycles. The Morgan fingerprint density at radius 2 is 1.90 bits per heavy atom. The number of hydrogen-bond donors (Lipinski definition) is 1. The van der Waals surface area contributed by atoms with Gasteiger partial charge in [0.05, 0.1) is 6.54 Å². The second-order valence-corrected chi connectivity index (χ2v) is 5.05. The molecule has 0 saturated carbocycles. The van der Waals surface area contributed by atoms with Gasteiger partial charge in [0, 0.05) is 16.3 Å². The summed E-state index contributed by atoms with van der Waals surface area (Å²) in [6.07, 6.45) is 0. The molecule has 4 nitrogen and oxygen atoms in total.